The zero-order valence-corrected chi connectivity index (χ0v) is 13.3. The number of alkyl halides is 1. The number of nitrogens with zero attached hydrogens (tertiary/aromatic N) is 5. The van der Waals surface area contributed by atoms with Crippen molar-refractivity contribution in [2.45, 2.75) is 19.4 Å². The van der Waals surface area contributed by atoms with Gasteiger partial charge in [-0.3, -0.25) is 4.79 Å². The monoisotopic (exact) mass is 311 g/mol. The maximum atomic E-state index is 12.3. The van der Waals surface area contributed by atoms with E-state index in [0.717, 1.165) is 0 Å². The number of carbonyl (C=O) groups excluding carboxylic acids is 1. The summed E-state index contributed by atoms with van der Waals surface area (Å²) >= 11 is 5.84. The Morgan fingerprint density at radius 1 is 1.48 bits per heavy atom. The van der Waals surface area contributed by atoms with Gasteiger partial charge in [0, 0.05) is 26.4 Å². The first kappa shape index (κ1) is 15.5. The molecule has 7 nitrogen and oxygen atoms in total. The molecule has 114 valence electrons. The van der Waals surface area contributed by atoms with Crippen molar-refractivity contribution in [2.24, 2.45) is 0 Å². The van der Waals surface area contributed by atoms with Gasteiger partial charge in [0.25, 0.3) is 0 Å². The number of fused-ring (bicyclic) bond motifs is 1. The number of hydrogen-bond donors (Lipinski definition) is 0. The van der Waals surface area contributed by atoms with Crippen LogP contribution in [0.5, 0.6) is 5.88 Å². The molecule has 0 saturated carbocycles. The molecule has 21 heavy (non-hydrogen) atoms. The Morgan fingerprint density at radius 2 is 2.19 bits per heavy atom. The summed E-state index contributed by atoms with van der Waals surface area (Å²) in [7, 11) is 4.96. The summed E-state index contributed by atoms with van der Waals surface area (Å²) in [4.78, 5) is 26.6. The van der Waals surface area contributed by atoms with Gasteiger partial charge in [-0.15, -0.1) is 11.6 Å². The average molecular weight is 312 g/mol. The highest BCUT2D eigenvalue weighted by Gasteiger charge is 2.25. The molecule has 0 fully saturated rings. The molecule has 2 aromatic heterocycles. The second kappa shape index (κ2) is 6.26. The van der Waals surface area contributed by atoms with Crippen LogP contribution in [-0.4, -0.2) is 57.4 Å². The van der Waals surface area contributed by atoms with Gasteiger partial charge >= 0.3 is 0 Å². The third kappa shape index (κ3) is 2.78. The van der Waals surface area contributed by atoms with E-state index in [9.17, 15) is 4.79 Å². The smallest absolute Gasteiger partial charge is 0.245 e. The predicted molar refractivity (Wildman–Crippen MR) is 79.7 cm³/mol. The maximum absolute atomic E-state index is 12.3. The quantitative estimate of drug-likeness (QED) is 0.777. The Kier molecular flexibility index (Phi) is 4.62. The van der Waals surface area contributed by atoms with Crippen molar-refractivity contribution in [2.75, 3.05) is 27.1 Å². The van der Waals surface area contributed by atoms with E-state index in [1.807, 2.05) is 6.92 Å². The van der Waals surface area contributed by atoms with Crippen molar-refractivity contribution in [3.63, 3.8) is 0 Å². The fraction of sp³-hybridized carbons (Fsp3) is 0.538. The van der Waals surface area contributed by atoms with E-state index < -0.39 is 6.04 Å². The molecule has 2 rings (SSSR count). The Hall–Kier alpha value is -1.89. The minimum Gasteiger partial charge on any atom is -0.479 e. The van der Waals surface area contributed by atoms with Crippen LogP contribution < -0.4 is 4.74 Å². The van der Waals surface area contributed by atoms with Crippen molar-refractivity contribution < 1.29 is 9.53 Å². The highest BCUT2D eigenvalue weighted by Crippen LogP contribution is 2.26. The summed E-state index contributed by atoms with van der Waals surface area (Å²) in [6, 6.07) is -0.428. The van der Waals surface area contributed by atoms with Gasteiger partial charge in [0.2, 0.25) is 11.8 Å². The molecule has 0 N–H and O–H groups in total. The molecule has 2 heterocycles. The van der Waals surface area contributed by atoms with Gasteiger partial charge in [-0.2, -0.15) is 4.98 Å². The van der Waals surface area contributed by atoms with Crippen LogP contribution in [0.3, 0.4) is 0 Å². The van der Waals surface area contributed by atoms with E-state index in [-0.39, 0.29) is 5.91 Å². The molecule has 1 unspecified atom stereocenters. The van der Waals surface area contributed by atoms with E-state index in [1.165, 1.54) is 13.4 Å². The molecular formula is C13H18ClN5O2. The summed E-state index contributed by atoms with van der Waals surface area (Å²) in [6.07, 6.45) is 1.93. The van der Waals surface area contributed by atoms with Gasteiger partial charge in [0.15, 0.2) is 11.2 Å². The van der Waals surface area contributed by atoms with Crippen molar-refractivity contribution in [3.05, 3.63) is 12.2 Å². The maximum Gasteiger partial charge on any atom is 0.245 e. The summed E-state index contributed by atoms with van der Waals surface area (Å²) < 4.78 is 7.00. The Labute approximate surface area is 127 Å². The Bertz CT molecular complexity index is 655. The lowest BCUT2D eigenvalue weighted by molar-refractivity contribution is -0.131. The molecule has 0 saturated heterocycles. The molecule has 0 aromatic carbocycles. The number of amides is 1. The van der Waals surface area contributed by atoms with E-state index in [1.54, 1.807) is 23.6 Å². The highest BCUT2D eigenvalue weighted by atomic mass is 35.5. The molecule has 0 radical (unpaired) electrons. The SMILES string of the molecule is COc1ncnc2c1nc(CCCl)n2C(C)C(=O)N(C)C. The third-order valence-electron chi connectivity index (χ3n) is 3.21. The van der Waals surface area contributed by atoms with Crippen molar-refractivity contribution in [1.82, 2.24) is 24.4 Å². The first-order chi connectivity index (χ1) is 10.0. The average Bonchev–Trinajstić information content (AvgIpc) is 2.83. The number of imidazole rings is 1. The topological polar surface area (TPSA) is 73.1 Å². The van der Waals surface area contributed by atoms with Crippen molar-refractivity contribution in [3.8, 4) is 5.88 Å². The zero-order valence-electron chi connectivity index (χ0n) is 12.5. The minimum absolute atomic E-state index is 0.0392. The molecule has 8 heteroatoms. The lowest BCUT2D eigenvalue weighted by atomic mass is 10.2. The number of likely N-dealkylation sites (N-methyl/N-ethyl adjacent to an activating group) is 1. The number of aromatic nitrogens is 4. The number of hydrogen-bond acceptors (Lipinski definition) is 5. The molecule has 0 aliphatic carbocycles. The van der Waals surface area contributed by atoms with Gasteiger partial charge in [0.1, 0.15) is 18.2 Å². The molecule has 2 aromatic rings. The number of carbonyl (C=O) groups is 1. The number of aryl methyl sites for hydroxylation is 1. The number of rotatable bonds is 5. The van der Waals surface area contributed by atoms with E-state index in [2.05, 4.69) is 15.0 Å². The van der Waals surface area contributed by atoms with Crippen molar-refractivity contribution >= 4 is 28.7 Å². The molecule has 0 spiro atoms. The molecule has 0 bridgehead atoms. The van der Waals surface area contributed by atoms with Crippen molar-refractivity contribution in [1.29, 1.82) is 0 Å². The minimum atomic E-state index is -0.428. The van der Waals surface area contributed by atoms with Gasteiger partial charge in [-0.1, -0.05) is 0 Å². The summed E-state index contributed by atoms with van der Waals surface area (Å²) in [5.74, 6) is 1.45. The lowest BCUT2D eigenvalue weighted by Gasteiger charge is -2.20. The second-order valence-electron chi connectivity index (χ2n) is 4.80. The number of halogens is 1. The molecule has 1 amide bonds. The van der Waals surface area contributed by atoms with Crippen LogP contribution in [-0.2, 0) is 11.2 Å². The fourth-order valence-corrected chi connectivity index (χ4v) is 2.40. The van der Waals surface area contributed by atoms with Crippen LogP contribution in [0.4, 0.5) is 0 Å². The Morgan fingerprint density at radius 3 is 2.76 bits per heavy atom. The first-order valence-corrected chi connectivity index (χ1v) is 7.07. The molecule has 0 aliphatic heterocycles. The van der Waals surface area contributed by atoms with Crippen LogP contribution in [0.2, 0.25) is 0 Å². The molecule has 1 atom stereocenters. The zero-order chi connectivity index (χ0) is 15.6. The van der Waals surface area contributed by atoms with E-state index >= 15 is 0 Å². The van der Waals surface area contributed by atoms with Gasteiger partial charge < -0.3 is 14.2 Å². The summed E-state index contributed by atoms with van der Waals surface area (Å²) in [5, 5.41) is 0. The standard InChI is InChI=1S/C13H18ClN5O2/c1-8(13(20)18(2)3)19-9(5-6-14)17-10-11(19)15-7-16-12(10)21-4/h7-8H,5-6H2,1-4H3. The predicted octanol–water partition coefficient (Wildman–Crippen LogP) is 1.27. The summed E-state index contributed by atoms with van der Waals surface area (Å²) in [5.41, 5.74) is 1.11. The van der Waals surface area contributed by atoms with Gasteiger partial charge in [0.05, 0.1) is 7.11 Å². The third-order valence-corrected chi connectivity index (χ3v) is 3.40. The van der Waals surface area contributed by atoms with E-state index in [4.69, 9.17) is 16.3 Å². The normalized spacial score (nSPS) is 12.4. The van der Waals surface area contributed by atoms with Crippen LogP contribution in [0.1, 0.15) is 18.8 Å². The second-order valence-corrected chi connectivity index (χ2v) is 5.18. The number of methoxy groups -OCH3 is 1. The van der Waals surface area contributed by atoms with Gasteiger partial charge in [-0.05, 0) is 6.92 Å². The van der Waals surface area contributed by atoms with Gasteiger partial charge in [-0.25, -0.2) is 9.97 Å². The first-order valence-electron chi connectivity index (χ1n) is 6.54. The fourth-order valence-electron chi connectivity index (χ4n) is 2.23. The Balaban J connectivity index is 2.64. The largest absolute Gasteiger partial charge is 0.479 e. The van der Waals surface area contributed by atoms with Crippen LogP contribution >= 0.6 is 11.6 Å². The summed E-state index contributed by atoms with van der Waals surface area (Å²) in [6.45, 7) is 1.82. The molecular weight excluding hydrogens is 294 g/mol. The van der Waals surface area contributed by atoms with Crippen LogP contribution in [0.25, 0.3) is 11.2 Å². The highest BCUT2D eigenvalue weighted by molar-refractivity contribution is 6.17. The van der Waals surface area contributed by atoms with Crippen LogP contribution in [0, 0.1) is 0 Å². The lowest BCUT2D eigenvalue weighted by Crippen LogP contribution is -2.31. The number of ether oxygens (including phenoxy) is 1. The van der Waals surface area contributed by atoms with E-state index in [0.29, 0.717) is 35.2 Å². The van der Waals surface area contributed by atoms with Crippen LogP contribution in [0.15, 0.2) is 6.33 Å². The molecule has 0 aliphatic rings.